The minimum Gasteiger partial charge on any atom is -0.497 e. The molecule has 3 atom stereocenters. The molecular weight excluding hydrogens is 437 g/mol. The number of hydrogen-bond donors (Lipinski definition) is 1. The first-order valence-corrected chi connectivity index (χ1v) is 12.6. The molecule has 2 aromatic heterocycles. The predicted molar refractivity (Wildman–Crippen MR) is 131 cm³/mol. The van der Waals surface area contributed by atoms with Gasteiger partial charge < -0.3 is 14.7 Å². The molecule has 1 N–H and O–H groups in total. The summed E-state index contributed by atoms with van der Waals surface area (Å²) in [6.45, 7) is 2.99. The molecule has 33 heavy (non-hydrogen) atoms. The van der Waals surface area contributed by atoms with Crippen molar-refractivity contribution < 1.29 is 14.2 Å². The summed E-state index contributed by atoms with van der Waals surface area (Å²) < 4.78 is 20.7. The number of thioether (sulfide) groups is 1. The molecule has 1 saturated heterocycles. The third-order valence-corrected chi connectivity index (χ3v) is 7.54. The molecule has 1 aliphatic rings. The summed E-state index contributed by atoms with van der Waals surface area (Å²) in [6.07, 6.45) is 4.66. The smallest absolute Gasteiger partial charge is 0.126 e. The molecule has 4 rings (SSSR count). The van der Waals surface area contributed by atoms with Crippen molar-refractivity contribution in [2.75, 3.05) is 39.1 Å². The van der Waals surface area contributed by atoms with E-state index in [1.54, 1.807) is 31.1 Å². The summed E-state index contributed by atoms with van der Waals surface area (Å²) in [7, 11) is 1.61. The van der Waals surface area contributed by atoms with Crippen LogP contribution in [0.4, 0.5) is 4.39 Å². The molecule has 5 nitrogen and oxygen atoms in total. The first kappa shape index (κ1) is 23.9. The molecule has 0 aliphatic carbocycles. The number of fused-ring (bicyclic) bond motifs is 1. The maximum Gasteiger partial charge on any atom is 0.126 e. The lowest BCUT2D eigenvalue weighted by atomic mass is 9.81. The first-order valence-electron chi connectivity index (χ1n) is 11.6. The number of hydrogen-bond acceptors (Lipinski definition) is 6. The number of likely N-dealkylation sites (tertiary alicyclic amines) is 1. The molecule has 0 unspecified atom stereocenters. The Morgan fingerprint density at radius 3 is 2.88 bits per heavy atom. The normalized spacial score (nSPS) is 20.1. The van der Waals surface area contributed by atoms with E-state index in [-0.39, 0.29) is 12.5 Å². The summed E-state index contributed by atoms with van der Waals surface area (Å²) >= 11 is 1.76. The Balaban J connectivity index is 1.30. The maximum atomic E-state index is 15.3. The van der Waals surface area contributed by atoms with Crippen LogP contribution in [0, 0.1) is 11.8 Å². The molecule has 3 heterocycles. The minimum atomic E-state index is -1.06. The molecule has 3 aromatic rings. The van der Waals surface area contributed by atoms with Gasteiger partial charge in [0, 0.05) is 43.2 Å². The van der Waals surface area contributed by atoms with Crippen molar-refractivity contribution in [3.8, 4) is 5.75 Å². The van der Waals surface area contributed by atoms with Crippen molar-refractivity contribution in [1.29, 1.82) is 0 Å². The average molecular weight is 470 g/mol. The van der Waals surface area contributed by atoms with E-state index in [9.17, 15) is 5.11 Å². The van der Waals surface area contributed by atoms with Gasteiger partial charge in [0.25, 0.3) is 0 Å². The fraction of sp³-hybridized carbons (Fsp3) is 0.462. The minimum absolute atomic E-state index is 0.154. The second-order valence-corrected chi connectivity index (χ2v) is 9.75. The summed E-state index contributed by atoms with van der Waals surface area (Å²) in [5.74, 6) is 2.22. The fourth-order valence-electron chi connectivity index (χ4n) is 4.72. The highest BCUT2D eigenvalue weighted by Gasteiger charge is 2.29. The van der Waals surface area contributed by atoms with Gasteiger partial charge in [-0.15, -0.1) is 11.8 Å². The number of methoxy groups -OCH3 is 1. The summed E-state index contributed by atoms with van der Waals surface area (Å²) in [5.41, 5.74) is 1.45. The van der Waals surface area contributed by atoms with Crippen LogP contribution in [-0.2, 0) is 0 Å². The molecule has 1 aromatic carbocycles. The molecular formula is C26H32FN3O2S. The van der Waals surface area contributed by atoms with E-state index in [0.29, 0.717) is 23.7 Å². The number of nitrogens with zero attached hydrogens (tertiary/aromatic N) is 3. The molecule has 0 spiro atoms. The monoisotopic (exact) mass is 469 g/mol. The SMILES string of the molecule is COc1ccc2nccc([C@H](F)CC[C@@H]3CCN(CCSc4ccccn4)C[C@@H]3CO)c2c1. The Bertz CT molecular complexity index is 1020. The van der Waals surface area contributed by atoms with Crippen molar-refractivity contribution in [1.82, 2.24) is 14.9 Å². The lowest BCUT2D eigenvalue weighted by Gasteiger charge is -2.38. The molecule has 1 fully saturated rings. The van der Waals surface area contributed by atoms with Crippen LogP contribution in [0.5, 0.6) is 5.75 Å². The number of piperidine rings is 1. The topological polar surface area (TPSA) is 58.5 Å². The van der Waals surface area contributed by atoms with E-state index in [2.05, 4.69) is 14.9 Å². The van der Waals surface area contributed by atoms with Crippen LogP contribution in [0.2, 0.25) is 0 Å². The number of alkyl halides is 1. The number of rotatable bonds is 10. The second-order valence-electron chi connectivity index (χ2n) is 8.64. The van der Waals surface area contributed by atoms with Gasteiger partial charge >= 0.3 is 0 Å². The van der Waals surface area contributed by atoms with Crippen LogP contribution in [0.1, 0.15) is 31.0 Å². The summed E-state index contributed by atoms with van der Waals surface area (Å²) in [5, 5.41) is 11.9. The summed E-state index contributed by atoms with van der Waals surface area (Å²) in [6, 6.07) is 13.3. The van der Waals surface area contributed by atoms with Gasteiger partial charge in [-0.3, -0.25) is 4.98 Å². The highest BCUT2D eigenvalue weighted by molar-refractivity contribution is 7.99. The van der Waals surface area contributed by atoms with Crippen LogP contribution in [0.25, 0.3) is 10.9 Å². The van der Waals surface area contributed by atoms with Gasteiger partial charge in [0.15, 0.2) is 0 Å². The predicted octanol–water partition coefficient (Wildman–Crippen LogP) is 5.15. The Kier molecular flexibility index (Phi) is 8.53. The van der Waals surface area contributed by atoms with Gasteiger partial charge in [0.2, 0.25) is 0 Å². The van der Waals surface area contributed by atoms with Crippen LogP contribution in [-0.4, -0.2) is 59.1 Å². The quantitative estimate of drug-likeness (QED) is 0.414. The Morgan fingerprint density at radius 1 is 1.18 bits per heavy atom. The number of aromatic nitrogens is 2. The highest BCUT2D eigenvalue weighted by Crippen LogP contribution is 2.35. The standard InChI is InChI=1S/C26H32FN3O2S/c1-32-21-6-8-25-23(16-21)22(9-12-28-25)24(27)7-5-19-10-13-30(17-20(19)18-31)14-15-33-26-4-2-3-11-29-26/h2-4,6,8-9,11-12,16,19-20,24,31H,5,7,10,13-15,17-18H2,1H3/t19-,20-,24-/m1/s1. The first-order chi connectivity index (χ1) is 16.2. The average Bonchev–Trinajstić information content (AvgIpc) is 2.87. The van der Waals surface area contributed by atoms with Crippen LogP contribution in [0.3, 0.4) is 0 Å². The third kappa shape index (κ3) is 6.22. The van der Waals surface area contributed by atoms with Crippen LogP contribution >= 0.6 is 11.8 Å². The van der Waals surface area contributed by atoms with Gasteiger partial charge in [0.1, 0.15) is 11.9 Å². The van der Waals surface area contributed by atoms with E-state index >= 15 is 4.39 Å². The zero-order chi connectivity index (χ0) is 23.0. The number of pyridine rings is 2. The van der Waals surface area contributed by atoms with Gasteiger partial charge in [-0.25, -0.2) is 9.37 Å². The number of aliphatic hydroxyl groups is 1. The number of benzene rings is 1. The van der Waals surface area contributed by atoms with Crippen molar-refractivity contribution in [2.45, 2.75) is 30.5 Å². The van der Waals surface area contributed by atoms with Gasteiger partial charge in [-0.2, -0.15) is 0 Å². The molecule has 7 heteroatoms. The Hall–Kier alpha value is -2.22. The number of ether oxygens (including phenoxy) is 1. The highest BCUT2D eigenvalue weighted by atomic mass is 32.2. The van der Waals surface area contributed by atoms with Gasteiger partial charge in [0.05, 0.1) is 17.7 Å². The van der Waals surface area contributed by atoms with Crippen LogP contribution in [0.15, 0.2) is 59.9 Å². The van der Waals surface area contributed by atoms with E-state index < -0.39 is 6.17 Å². The van der Waals surface area contributed by atoms with Gasteiger partial charge in [-0.1, -0.05) is 6.07 Å². The molecule has 0 radical (unpaired) electrons. The second kappa shape index (κ2) is 11.8. The lowest BCUT2D eigenvalue weighted by molar-refractivity contribution is 0.0672. The Labute approximate surface area is 199 Å². The van der Waals surface area contributed by atoms with Gasteiger partial charge in [-0.05, 0) is 79.6 Å². The third-order valence-electron chi connectivity index (χ3n) is 6.62. The molecule has 0 amide bonds. The molecule has 1 aliphatic heterocycles. The van der Waals surface area contributed by atoms with E-state index in [4.69, 9.17) is 4.74 Å². The van der Waals surface area contributed by atoms with E-state index in [1.165, 1.54) is 0 Å². The van der Waals surface area contributed by atoms with E-state index in [0.717, 1.165) is 54.2 Å². The molecule has 0 bridgehead atoms. The zero-order valence-corrected chi connectivity index (χ0v) is 19.9. The Morgan fingerprint density at radius 2 is 2.09 bits per heavy atom. The van der Waals surface area contributed by atoms with Crippen molar-refractivity contribution in [2.24, 2.45) is 11.8 Å². The molecule has 176 valence electrons. The van der Waals surface area contributed by atoms with Crippen molar-refractivity contribution in [3.05, 3.63) is 60.4 Å². The number of halogens is 1. The number of aliphatic hydroxyl groups excluding tert-OH is 1. The maximum absolute atomic E-state index is 15.3. The lowest BCUT2D eigenvalue weighted by Crippen LogP contribution is -2.43. The summed E-state index contributed by atoms with van der Waals surface area (Å²) in [4.78, 5) is 11.1. The van der Waals surface area contributed by atoms with Crippen molar-refractivity contribution >= 4 is 22.7 Å². The van der Waals surface area contributed by atoms with Crippen molar-refractivity contribution in [3.63, 3.8) is 0 Å². The van der Waals surface area contributed by atoms with E-state index in [1.807, 2.05) is 42.6 Å². The fourth-order valence-corrected chi connectivity index (χ4v) is 5.59. The largest absolute Gasteiger partial charge is 0.497 e. The zero-order valence-electron chi connectivity index (χ0n) is 19.1. The van der Waals surface area contributed by atoms with Crippen LogP contribution < -0.4 is 4.74 Å². The molecule has 0 saturated carbocycles.